The summed E-state index contributed by atoms with van der Waals surface area (Å²) in [5, 5.41) is 0. The van der Waals surface area contributed by atoms with Crippen LogP contribution in [-0.4, -0.2) is 74.7 Å². The first-order valence-electron chi connectivity index (χ1n) is 10.0. The molecule has 3 saturated heterocycles. The van der Waals surface area contributed by atoms with E-state index in [0.29, 0.717) is 12.0 Å². The van der Waals surface area contributed by atoms with E-state index >= 15 is 0 Å². The Bertz CT molecular complexity index is 585. The first kappa shape index (κ1) is 19.2. The van der Waals surface area contributed by atoms with Crippen LogP contribution in [0, 0.1) is 5.92 Å². The molecule has 3 aliphatic rings. The average molecular weight is 360 g/mol. The van der Waals surface area contributed by atoms with Gasteiger partial charge in [-0.05, 0) is 56.9 Å². The van der Waals surface area contributed by atoms with Gasteiger partial charge in [-0.3, -0.25) is 9.69 Å². The summed E-state index contributed by atoms with van der Waals surface area (Å²) in [5.74, 6) is 0.770. The highest BCUT2D eigenvalue weighted by Gasteiger charge is 2.36. The Morgan fingerprint density at radius 2 is 1.85 bits per heavy atom. The molecule has 26 heavy (non-hydrogen) atoms. The van der Waals surface area contributed by atoms with Crippen molar-refractivity contribution in [2.45, 2.75) is 32.7 Å². The van der Waals surface area contributed by atoms with Crippen molar-refractivity contribution in [1.82, 2.24) is 9.80 Å². The van der Waals surface area contributed by atoms with Crippen molar-refractivity contribution in [2.75, 3.05) is 57.9 Å². The smallest absolute Gasteiger partial charge is 0.253 e. The number of nitrogens with zero attached hydrogens (tertiary/aromatic N) is 3. The predicted molar refractivity (Wildman–Crippen MR) is 106 cm³/mol. The van der Waals surface area contributed by atoms with Gasteiger partial charge in [-0.15, -0.1) is 0 Å². The zero-order chi connectivity index (χ0) is 18.5. The largest absolute Gasteiger partial charge is 0.383 e. The van der Waals surface area contributed by atoms with Gasteiger partial charge in [0.05, 0.1) is 6.61 Å². The molecule has 1 aromatic rings. The first-order valence-corrected chi connectivity index (χ1v) is 10.0. The van der Waals surface area contributed by atoms with E-state index in [4.69, 9.17) is 4.74 Å². The van der Waals surface area contributed by atoms with Crippen LogP contribution in [0.25, 0.3) is 0 Å². The topological polar surface area (TPSA) is 36.0 Å². The molecule has 5 nitrogen and oxygen atoms in total. The summed E-state index contributed by atoms with van der Waals surface area (Å²) in [6, 6.07) is 8.62. The highest BCUT2D eigenvalue weighted by molar-refractivity contribution is 5.94. The number of hydrogen-bond donors (Lipinski definition) is 0. The van der Waals surface area contributed by atoms with E-state index in [1.165, 1.54) is 18.5 Å². The van der Waals surface area contributed by atoms with Crippen LogP contribution in [0.1, 0.15) is 37.0 Å². The number of methoxy groups -OCH3 is 1. The number of piperidine rings is 1. The van der Waals surface area contributed by atoms with Crippen LogP contribution >= 0.6 is 0 Å². The van der Waals surface area contributed by atoms with Gasteiger partial charge in [0.25, 0.3) is 5.91 Å². The lowest BCUT2D eigenvalue weighted by Crippen LogP contribution is -2.45. The molecule has 1 amide bonds. The number of amides is 1. The fourth-order valence-electron chi connectivity index (χ4n) is 4.41. The van der Waals surface area contributed by atoms with Gasteiger partial charge in [0.2, 0.25) is 0 Å². The van der Waals surface area contributed by atoms with Gasteiger partial charge in [-0.2, -0.15) is 0 Å². The van der Waals surface area contributed by atoms with Crippen LogP contribution in [0.5, 0.6) is 0 Å². The Labute approximate surface area is 157 Å². The van der Waals surface area contributed by atoms with Crippen molar-refractivity contribution in [3.05, 3.63) is 29.8 Å². The maximum atomic E-state index is 13.1. The molecule has 3 aliphatic heterocycles. The lowest BCUT2D eigenvalue weighted by molar-refractivity contribution is 0.0718. The van der Waals surface area contributed by atoms with E-state index in [9.17, 15) is 4.79 Å². The molecule has 1 aromatic carbocycles. The number of benzene rings is 1. The summed E-state index contributed by atoms with van der Waals surface area (Å²) < 4.78 is 5.26. The van der Waals surface area contributed by atoms with Crippen molar-refractivity contribution in [1.29, 1.82) is 0 Å². The quantitative estimate of drug-likeness (QED) is 0.750. The summed E-state index contributed by atoms with van der Waals surface area (Å²) in [5.41, 5.74) is 2.00. The van der Waals surface area contributed by atoms with Crippen LogP contribution in [0.4, 0.5) is 5.69 Å². The molecule has 0 spiro atoms. The van der Waals surface area contributed by atoms with E-state index in [-0.39, 0.29) is 5.91 Å². The summed E-state index contributed by atoms with van der Waals surface area (Å²) in [6.45, 7) is 10.8. The average Bonchev–Trinajstić information content (AvgIpc) is 2.99. The zero-order valence-corrected chi connectivity index (χ0v) is 16.5. The number of carbonyl (C=O) groups is 1. The van der Waals surface area contributed by atoms with Crippen LogP contribution in [0.2, 0.25) is 0 Å². The van der Waals surface area contributed by atoms with Gasteiger partial charge < -0.3 is 14.5 Å². The second-order valence-corrected chi connectivity index (χ2v) is 7.51. The summed E-state index contributed by atoms with van der Waals surface area (Å²) in [4.78, 5) is 20.0. The van der Waals surface area contributed by atoms with Crippen molar-refractivity contribution >= 4 is 11.6 Å². The van der Waals surface area contributed by atoms with Crippen LogP contribution in [0.15, 0.2) is 24.3 Å². The second kappa shape index (κ2) is 8.87. The number of carbonyl (C=O) groups excluding carboxylic acids is 1. The molecule has 0 unspecified atom stereocenters. The molecule has 2 atom stereocenters. The minimum absolute atomic E-state index is 0.182. The number of hydrogen-bond acceptors (Lipinski definition) is 4. The monoisotopic (exact) mass is 359 g/mol. The van der Waals surface area contributed by atoms with Gasteiger partial charge in [0, 0.05) is 63.7 Å². The van der Waals surface area contributed by atoms with Crippen LogP contribution in [0.3, 0.4) is 0 Å². The molecule has 3 heterocycles. The van der Waals surface area contributed by atoms with Gasteiger partial charge in [-0.1, -0.05) is 0 Å². The molecule has 5 heteroatoms. The molecule has 0 saturated carbocycles. The fourth-order valence-corrected chi connectivity index (χ4v) is 4.41. The Hall–Kier alpha value is -1.59. The van der Waals surface area contributed by atoms with E-state index < -0.39 is 0 Å². The molecular formula is C21H33N3O2. The molecule has 144 valence electrons. The summed E-state index contributed by atoms with van der Waals surface area (Å²) in [7, 11) is 1.76. The Morgan fingerprint density at radius 3 is 2.50 bits per heavy atom. The SMILES string of the molecule is CCN(CC)c1ccc(C(=O)N2C[C@H]3CC[C@@H](C2)N(CCOC)C3)cc1. The Balaban J connectivity index is 1.68. The zero-order valence-electron chi connectivity index (χ0n) is 16.5. The van der Waals surface area contributed by atoms with Crippen LogP contribution in [-0.2, 0) is 4.74 Å². The van der Waals surface area contributed by atoms with Gasteiger partial charge in [0.1, 0.15) is 0 Å². The third-order valence-corrected chi connectivity index (χ3v) is 5.94. The maximum Gasteiger partial charge on any atom is 0.253 e. The molecule has 0 radical (unpaired) electrons. The molecule has 0 aliphatic carbocycles. The lowest BCUT2D eigenvalue weighted by Gasteiger charge is -2.35. The summed E-state index contributed by atoms with van der Waals surface area (Å²) in [6.07, 6.45) is 2.43. The normalized spacial score (nSPS) is 23.1. The lowest BCUT2D eigenvalue weighted by atomic mass is 9.95. The first-order chi connectivity index (χ1) is 12.7. The molecule has 2 bridgehead atoms. The third kappa shape index (κ3) is 4.21. The number of fused-ring (bicyclic) bond motifs is 4. The second-order valence-electron chi connectivity index (χ2n) is 7.51. The van der Waals surface area contributed by atoms with Crippen molar-refractivity contribution in [2.24, 2.45) is 5.92 Å². The highest BCUT2D eigenvalue weighted by Crippen LogP contribution is 2.28. The minimum Gasteiger partial charge on any atom is -0.383 e. The standard InChI is InChI=1S/C21H33N3O2/c1-4-22(5-2)19-10-7-18(8-11-19)21(25)24-15-17-6-9-20(16-24)23(14-17)12-13-26-3/h7-8,10-11,17,20H,4-6,9,12-16H2,1-3H3/t17-,20-/m0/s1. The molecular weight excluding hydrogens is 326 g/mol. The van der Waals surface area contributed by atoms with E-state index in [2.05, 4.69) is 40.7 Å². The molecule has 3 fully saturated rings. The van der Waals surface area contributed by atoms with E-state index in [1.807, 2.05) is 12.1 Å². The number of ether oxygens (including phenoxy) is 1. The Morgan fingerprint density at radius 1 is 1.12 bits per heavy atom. The molecule has 4 rings (SSSR count). The Kier molecular flexibility index (Phi) is 6.54. The number of rotatable bonds is 7. The maximum absolute atomic E-state index is 13.1. The highest BCUT2D eigenvalue weighted by atomic mass is 16.5. The summed E-state index contributed by atoms with van der Waals surface area (Å²) >= 11 is 0. The third-order valence-electron chi connectivity index (χ3n) is 5.94. The number of anilines is 1. The van der Waals surface area contributed by atoms with Crippen molar-refractivity contribution < 1.29 is 9.53 Å². The molecule has 0 aromatic heterocycles. The predicted octanol–water partition coefficient (Wildman–Crippen LogP) is 2.72. The minimum atomic E-state index is 0.182. The van der Waals surface area contributed by atoms with Crippen molar-refractivity contribution in [3.8, 4) is 0 Å². The van der Waals surface area contributed by atoms with E-state index in [1.54, 1.807) is 7.11 Å². The van der Waals surface area contributed by atoms with E-state index in [0.717, 1.165) is 51.4 Å². The molecule has 0 N–H and O–H groups in total. The van der Waals surface area contributed by atoms with Gasteiger partial charge in [0.15, 0.2) is 0 Å². The van der Waals surface area contributed by atoms with Crippen LogP contribution < -0.4 is 4.90 Å². The van der Waals surface area contributed by atoms with Gasteiger partial charge in [-0.25, -0.2) is 0 Å². The van der Waals surface area contributed by atoms with Crippen molar-refractivity contribution in [3.63, 3.8) is 0 Å². The van der Waals surface area contributed by atoms with Gasteiger partial charge >= 0.3 is 0 Å². The fraction of sp³-hybridized carbons (Fsp3) is 0.667.